The van der Waals surface area contributed by atoms with E-state index in [1.807, 2.05) is 19.2 Å². The third-order valence-corrected chi connectivity index (χ3v) is 6.23. The SMILES string of the molecule is CC(C)C(=O)Nc1ccc(C(=O)C(C)Sc2nc3sccc3c(=O)n2C)cc1. The zero-order valence-electron chi connectivity index (χ0n) is 16.1. The van der Waals surface area contributed by atoms with Gasteiger partial charge in [-0.05, 0) is 42.6 Å². The van der Waals surface area contributed by atoms with Gasteiger partial charge in [0, 0.05) is 24.2 Å². The van der Waals surface area contributed by atoms with E-state index >= 15 is 0 Å². The summed E-state index contributed by atoms with van der Waals surface area (Å²) in [4.78, 5) is 42.1. The molecule has 0 saturated heterocycles. The quantitative estimate of drug-likeness (QED) is 0.374. The summed E-state index contributed by atoms with van der Waals surface area (Å²) in [6.07, 6.45) is 0. The van der Waals surface area contributed by atoms with Crippen LogP contribution in [0.15, 0.2) is 45.7 Å². The van der Waals surface area contributed by atoms with E-state index in [2.05, 4.69) is 10.3 Å². The third kappa shape index (κ3) is 4.18. The summed E-state index contributed by atoms with van der Waals surface area (Å²) < 4.78 is 1.48. The molecule has 0 saturated carbocycles. The lowest BCUT2D eigenvalue weighted by Crippen LogP contribution is -2.22. The molecule has 0 bridgehead atoms. The van der Waals surface area contributed by atoms with Crippen LogP contribution in [0.1, 0.15) is 31.1 Å². The van der Waals surface area contributed by atoms with E-state index in [4.69, 9.17) is 0 Å². The highest BCUT2D eigenvalue weighted by Crippen LogP contribution is 2.26. The van der Waals surface area contributed by atoms with E-state index in [9.17, 15) is 14.4 Å². The van der Waals surface area contributed by atoms with Crippen molar-refractivity contribution >= 4 is 50.7 Å². The van der Waals surface area contributed by atoms with Crippen LogP contribution in [0.2, 0.25) is 0 Å². The number of Topliss-reactive ketones (excluding diaryl/α,β-unsaturated/α-hetero) is 1. The molecule has 1 atom stereocenters. The Morgan fingerprint density at radius 2 is 1.82 bits per heavy atom. The number of fused-ring (bicyclic) bond motifs is 1. The van der Waals surface area contributed by atoms with Crippen molar-refractivity contribution in [3.05, 3.63) is 51.6 Å². The average molecular weight is 416 g/mol. The fourth-order valence-electron chi connectivity index (χ4n) is 2.54. The maximum atomic E-state index is 12.8. The number of carbonyl (C=O) groups excluding carboxylic acids is 2. The molecule has 0 aliphatic rings. The van der Waals surface area contributed by atoms with Gasteiger partial charge in [0.15, 0.2) is 10.9 Å². The molecule has 1 aromatic carbocycles. The smallest absolute Gasteiger partial charge is 0.262 e. The van der Waals surface area contributed by atoms with Crippen LogP contribution in [0.3, 0.4) is 0 Å². The van der Waals surface area contributed by atoms with Gasteiger partial charge < -0.3 is 5.32 Å². The normalized spacial score (nSPS) is 12.3. The molecule has 3 aromatic rings. The minimum atomic E-state index is -0.411. The number of nitrogens with one attached hydrogen (secondary N) is 1. The van der Waals surface area contributed by atoms with Gasteiger partial charge in [0.2, 0.25) is 5.91 Å². The molecule has 0 fully saturated rings. The average Bonchev–Trinajstić information content (AvgIpc) is 3.14. The van der Waals surface area contributed by atoms with Crippen LogP contribution in [0.25, 0.3) is 10.2 Å². The van der Waals surface area contributed by atoms with Crippen molar-refractivity contribution in [3.8, 4) is 0 Å². The first-order valence-corrected chi connectivity index (χ1v) is 10.6. The first kappa shape index (κ1) is 20.3. The van der Waals surface area contributed by atoms with Gasteiger partial charge in [-0.15, -0.1) is 11.3 Å². The molecule has 146 valence electrons. The van der Waals surface area contributed by atoms with Crippen LogP contribution in [0.4, 0.5) is 5.69 Å². The molecule has 0 spiro atoms. The van der Waals surface area contributed by atoms with Crippen molar-refractivity contribution in [2.24, 2.45) is 13.0 Å². The van der Waals surface area contributed by atoms with Crippen molar-refractivity contribution in [1.29, 1.82) is 0 Å². The molecule has 1 amide bonds. The van der Waals surface area contributed by atoms with Crippen LogP contribution in [0.5, 0.6) is 0 Å². The van der Waals surface area contributed by atoms with Gasteiger partial charge in [-0.3, -0.25) is 19.0 Å². The number of ketones is 1. The van der Waals surface area contributed by atoms with E-state index in [1.165, 1.54) is 27.7 Å². The van der Waals surface area contributed by atoms with Crippen molar-refractivity contribution in [1.82, 2.24) is 9.55 Å². The highest BCUT2D eigenvalue weighted by atomic mass is 32.2. The summed E-state index contributed by atoms with van der Waals surface area (Å²) in [6, 6.07) is 8.60. The third-order valence-electron chi connectivity index (χ3n) is 4.28. The van der Waals surface area contributed by atoms with E-state index in [1.54, 1.807) is 44.3 Å². The number of aromatic nitrogens is 2. The predicted octanol–water partition coefficient (Wildman–Crippen LogP) is 3.95. The van der Waals surface area contributed by atoms with E-state index < -0.39 is 5.25 Å². The van der Waals surface area contributed by atoms with Crippen molar-refractivity contribution < 1.29 is 9.59 Å². The number of benzene rings is 1. The molecule has 28 heavy (non-hydrogen) atoms. The standard InChI is InChI=1S/C20H21N3O3S2/c1-11(2)17(25)21-14-7-5-13(6-8-14)16(24)12(3)28-20-22-18-15(9-10-27-18)19(26)23(20)4/h5-12H,1-4H3,(H,21,25). The topological polar surface area (TPSA) is 81.1 Å². The zero-order chi connectivity index (χ0) is 20.4. The second-order valence-electron chi connectivity index (χ2n) is 6.74. The predicted molar refractivity (Wildman–Crippen MR) is 114 cm³/mol. The van der Waals surface area contributed by atoms with E-state index in [0.29, 0.717) is 26.6 Å². The Balaban J connectivity index is 1.75. The van der Waals surface area contributed by atoms with Gasteiger partial charge in [-0.25, -0.2) is 4.98 Å². The highest BCUT2D eigenvalue weighted by Gasteiger charge is 2.20. The lowest BCUT2D eigenvalue weighted by Gasteiger charge is -2.13. The fraction of sp³-hybridized carbons (Fsp3) is 0.300. The summed E-state index contributed by atoms with van der Waals surface area (Å²) in [5, 5.41) is 5.33. The van der Waals surface area contributed by atoms with Crippen molar-refractivity contribution in [2.75, 3.05) is 5.32 Å². The number of carbonyl (C=O) groups is 2. The minimum Gasteiger partial charge on any atom is -0.326 e. The number of amides is 1. The molecule has 3 rings (SSSR count). The van der Waals surface area contributed by atoms with Gasteiger partial charge >= 0.3 is 0 Å². The minimum absolute atomic E-state index is 0.0627. The Hall–Kier alpha value is -2.45. The van der Waals surface area contributed by atoms with Crippen LogP contribution < -0.4 is 10.9 Å². The van der Waals surface area contributed by atoms with Crippen molar-refractivity contribution in [3.63, 3.8) is 0 Å². The second kappa shape index (κ2) is 8.28. The van der Waals surface area contributed by atoms with Crippen LogP contribution in [-0.4, -0.2) is 26.5 Å². The number of rotatable bonds is 6. The Kier molecular flexibility index (Phi) is 6.00. The molecule has 2 aromatic heterocycles. The molecular formula is C20H21N3O3S2. The number of thiophene rings is 1. The maximum absolute atomic E-state index is 12.8. The Morgan fingerprint density at radius 3 is 2.46 bits per heavy atom. The van der Waals surface area contributed by atoms with Gasteiger partial charge in [0.1, 0.15) is 4.83 Å². The second-order valence-corrected chi connectivity index (χ2v) is 8.95. The number of hydrogen-bond acceptors (Lipinski definition) is 6. The summed E-state index contributed by atoms with van der Waals surface area (Å²) in [6.45, 7) is 5.44. The fourth-order valence-corrected chi connectivity index (χ4v) is 4.29. The molecule has 1 unspecified atom stereocenters. The van der Waals surface area contributed by atoms with E-state index in [0.717, 1.165) is 0 Å². The van der Waals surface area contributed by atoms with Crippen molar-refractivity contribution in [2.45, 2.75) is 31.2 Å². The first-order chi connectivity index (χ1) is 13.3. The molecule has 0 aliphatic carbocycles. The Bertz CT molecular complexity index is 1080. The molecule has 6 nitrogen and oxygen atoms in total. The number of nitrogens with zero attached hydrogens (tertiary/aromatic N) is 2. The molecule has 8 heteroatoms. The molecular weight excluding hydrogens is 394 g/mol. The van der Waals surface area contributed by atoms with Gasteiger partial charge in [-0.2, -0.15) is 0 Å². The maximum Gasteiger partial charge on any atom is 0.262 e. The summed E-state index contributed by atoms with van der Waals surface area (Å²) in [7, 11) is 1.66. The number of thioether (sulfide) groups is 1. The van der Waals surface area contributed by atoms with Gasteiger partial charge in [0.05, 0.1) is 10.6 Å². The van der Waals surface area contributed by atoms with Crippen LogP contribution in [0, 0.1) is 5.92 Å². The Morgan fingerprint density at radius 1 is 1.14 bits per heavy atom. The number of hydrogen-bond donors (Lipinski definition) is 1. The zero-order valence-corrected chi connectivity index (χ0v) is 17.7. The lowest BCUT2D eigenvalue weighted by molar-refractivity contribution is -0.118. The monoisotopic (exact) mass is 415 g/mol. The van der Waals surface area contributed by atoms with E-state index in [-0.39, 0.29) is 23.2 Å². The summed E-state index contributed by atoms with van der Waals surface area (Å²) >= 11 is 2.67. The summed E-state index contributed by atoms with van der Waals surface area (Å²) in [5.74, 6) is -0.246. The van der Waals surface area contributed by atoms with Gasteiger partial charge in [0.25, 0.3) is 5.56 Å². The Labute approximate surface area is 171 Å². The lowest BCUT2D eigenvalue weighted by atomic mass is 10.1. The van der Waals surface area contributed by atoms with Gasteiger partial charge in [-0.1, -0.05) is 25.6 Å². The first-order valence-electron chi connectivity index (χ1n) is 8.84. The summed E-state index contributed by atoms with van der Waals surface area (Å²) in [5.41, 5.74) is 1.09. The van der Waals surface area contributed by atoms with Crippen LogP contribution >= 0.6 is 23.1 Å². The molecule has 0 radical (unpaired) electrons. The highest BCUT2D eigenvalue weighted by molar-refractivity contribution is 8.00. The largest absolute Gasteiger partial charge is 0.326 e. The molecule has 2 heterocycles. The van der Waals surface area contributed by atoms with Crippen LogP contribution in [-0.2, 0) is 11.8 Å². The molecule has 1 N–H and O–H groups in total. The molecule has 0 aliphatic heterocycles. The number of anilines is 1.